The molecular formula is C11H14BrClN2. The smallest absolute Gasteiger partial charge is 0.147 e. The van der Waals surface area contributed by atoms with E-state index < -0.39 is 0 Å². The second kappa shape index (κ2) is 4.30. The Bertz CT molecular complexity index is 366. The molecule has 1 saturated carbocycles. The summed E-state index contributed by atoms with van der Waals surface area (Å²) in [4.78, 5) is 6.53. The highest BCUT2D eigenvalue weighted by Gasteiger charge is 2.31. The lowest BCUT2D eigenvalue weighted by atomic mass is 10.2. The number of hydrogen-bond donors (Lipinski definition) is 0. The van der Waals surface area contributed by atoms with Gasteiger partial charge in [0.25, 0.3) is 0 Å². The number of hydrogen-bond acceptors (Lipinski definition) is 2. The van der Waals surface area contributed by atoms with E-state index in [0.717, 1.165) is 16.2 Å². The van der Waals surface area contributed by atoms with Crippen LogP contribution < -0.4 is 4.90 Å². The lowest BCUT2D eigenvalue weighted by molar-refractivity contribution is 0.604. The van der Waals surface area contributed by atoms with E-state index in [4.69, 9.17) is 11.6 Å². The molecule has 4 heteroatoms. The minimum absolute atomic E-state index is 0.524. The van der Waals surface area contributed by atoms with E-state index in [1.165, 1.54) is 12.8 Å². The molecular weight excluding hydrogens is 275 g/mol. The first kappa shape index (κ1) is 11.2. The lowest BCUT2D eigenvalue weighted by Gasteiger charge is -2.26. The summed E-state index contributed by atoms with van der Waals surface area (Å²) in [6.45, 7) is 2.23. The fourth-order valence-electron chi connectivity index (χ4n) is 1.75. The van der Waals surface area contributed by atoms with Crippen LogP contribution in [0.3, 0.4) is 0 Å². The van der Waals surface area contributed by atoms with Crippen molar-refractivity contribution in [2.75, 3.05) is 11.9 Å². The minimum Gasteiger partial charge on any atom is -0.355 e. The summed E-state index contributed by atoms with van der Waals surface area (Å²) >= 11 is 9.52. The highest BCUT2D eigenvalue weighted by atomic mass is 79.9. The highest BCUT2D eigenvalue weighted by molar-refractivity contribution is 9.10. The number of aromatic nitrogens is 1. The van der Waals surface area contributed by atoms with Gasteiger partial charge in [-0.2, -0.15) is 0 Å². The summed E-state index contributed by atoms with van der Waals surface area (Å²) < 4.78 is 0.920. The first-order chi connectivity index (χ1) is 7.09. The van der Waals surface area contributed by atoms with Crippen LogP contribution in [0.2, 0.25) is 5.02 Å². The average molecular weight is 290 g/mol. The van der Waals surface area contributed by atoms with Gasteiger partial charge in [0.15, 0.2) is 0 Å². The molecule has 2 rings (SSSR count). The predicted molar refractivity (Wildman–Crippen MR) is 67.5 cm³/mol. The van der Waals surface area contributed by atoms with Crippen LogP contribution in [-0.4, -0.2) is 18.1 Å². The third-order valence-corrected chi connectivity index (χ3v) is 3.75. The number of halogens is 2. The van der Waals surface area contributed by atoms with Crippen LogP contribution in [0.15, 0.2) is 16.7 Å². The fraction of sp³-hybridized carbons (Fsp3) is 0.545. The highest BCUT2D eigenvalue weighted by Crippen LogP contribution is 2.37. The van der Waals surface area contributed by atoms with Crippen molar-refractivity contribution in [1.82, 2.24) is 4.98 Å². The predicted octanol–water partition coefficient (Wildman–Crippen LogP) is 3.73. The Morgan fingerprint density at radius 2 is 2.27 bits per heavy atom. The van der Waals surface area contributed by atoms with Gasteiger partial charge in [0.2, 0.25) is 0 Å². The molecule has 0 amide bonds. The molecule has 1 atom stereocenters. The number of anilines is 1. The van der Waals surface area contributed by atoms with Gasteiger partial charge in [-0.05, 0) is 47.7 Å². The SMILES string of the molecule is CC(C1CC1)N(C)c1ncc(Br)cc1Cl. The second-order valence-corrected chi connectivity index (χ2v) is 5.47. The van der Waals surface area contributed by atoms with Gasteiger partial charge < -0.3 is 4.90 Å². The Labute approximate surface area is 104 Å². The zero-order valence-corrected chi connectivity index (χ0v) is 11.2. The molecule has 1 aliphatic rings. The van der Waals surface area contributed by atoms with Gasteiger partial charge in [0.1, 0.15) is 5.82 Å². The molecule has 15 heavy (non-hydrogen) atoms. The molecule has 0 aromatic carbocycles. The molecule has 0 aliphatic heterocycles. The third-order valence-electron chi connectivity index (χ3n) is 3.04. The summed E-state index contributed by atoms with van der Waals surface area (Å²) in [6, 6.07) is 2.41. The van der Waals surface area contributed by atoms with Gasteiger partial charge in [-0.1, -0.05) is 11.6 Å². The molecule has 0 N–H and O–H groups in total. The molecule has 1 unspecified atom stereocenters. The van der Waals surface area contributed by atoms with Gasteiger partial charge in [0.05, 0.1) is 5.02 Å². The first-order valence-electron chi connectivity index (χ1n) is 5.13. The van der Waals surface area contributed by atoms with Gasteiger partial charge in [-0.15, -0.1) is 0 Å². The Hall–Kier alpha value is -0.280. The van der Waals surface area contributed by atoms with E-state index in [-0.39, 0.29) is 0 Å². The van der Waals surface area contributed by atoms with Crippen LogP contribution in [0, 0.1) is 5.92 Å². The van der Waals surface area contributed by atoms with E-state index >= 15 is 0 Å². The van der Waals surface area contributed by atoms with Crippen LogP contribution in [0.25, 0.3) is 0 Å². The van der Waals surface area contributed by atoms with Crippen molar-refractivity contribution >= 4 is 33.3 Å². The van der Waals surface area contributed by atoms with Gasteiger partial charge in [0, 0.05) is 23.8 Å². The van der Waals surface area contributed by atoms with Crippen molar-refractivity contribution in [3.05, 3.63) is 21.8 Å². The fourth-order valence-corrected chi connectivity index (χ4v) is 2.52. The Morgan fingerprint density at radius 3 is 2.80 bits per heavy atom. The Morgan fingerprint density at radius 1 is 1.60 bits per heavy atom. The van der Waals surface area contributed by atoms with Crippen molar-refractivity contribution in [2.24, 2.45) is 5.92 Å². The van der Waals surface area contributed by atoms with E-state index in [0.29, 0.717) is 11.1 Å². The molecule has 82 valence electrons. The Balaban J connectivity index is 2.20. The summed E-state index contributed by atoms with van der Waals surface area (Å²) in [5.41, 5.74) is 0. The van der Waals surface area contributed by atoms with E-state index in [1.54, 1.807) is 6.20 Å². The molecule has 2 nitrogen and oxygen atoms in total. The summed E-state index contributed by atoms with van der Waals surface area (Å²) in [5, 5.41) is 0.708. The third kappa shape index (κ3) is 2.45. The topological polar surface area (TPSA) is 16.1 Å². The first-order valence-corrected chi connectivity index (χ1v) is 6.30. The molecule has 0 saturated heterocycles. The van der Waals surface area contributed by atoms with Crippen LogP contribution in [-0.2, 0) is 0 Å². The van der Waals surface area contributed by atoms with Crippen molar-refractivity contribution in [3.8, 4) is 0 Å². The normalized spacial score (nSPS) is 17.6. The quantitative estimate of drug-likeness (QED) is 0.843. The van der Waals surface area contributed by atoms with E-state index in [1.807, 2.05) is 6.07 Å². The molecule has 0 radical (unpaired) electrons. The van der Waals surface area contributed by atoms with E-state index in [2.05, 4.69) is 39.8 Å². The molecule has 0 spiro atoms. The molecule has 1 aromatic heterocycles. The van der Waals surface area contributed by atoms with Gasteiger partial charge in [-0.3, -0.25) is 0 Å². The van der Waals surface area contributed by atoms with Crippen LogP contribution >= 0.6 is 27.5 Å². The largest absolute Gasteiger partial charge is 0.355 e. The number of rotatable bonds is 3. The maximum atomic E-state index is 6.16. The van der Waals surface area contributed by atoms with Crippen molar-refractivity contribution < 1.29 is 0 Å². The Kier molecular flexibility index (Phi) is 3.21. The molecule has 1 fully saturated rings. The monoisotopic (exact) mass is 288 g/mol. The van der Waals surface area contributed by atoms with Crippen molar-refractivity contribution in [2.45, 2.75) is 25.8 Å². The molecule has 1 aliphatic carbocycles. The molecule has 1 aromatic rings. The second-order valence-electron chi connectivity index (χ2n) is 4.15. The lowest BCUT2D eigenvalue weighted by Crippen LogP contribution is -2.31. The number of nitrogens with zero attached hydrogens (tertiary/aromatic N) is 2. The summed E-state index contributed by atoms with van der Waals surface area (Å²) in [6.07, 6.45) is 4.45. The minimum atomic E-state index is 0.524. The maximum absolute atomic E-state index is 6.16. The summed E-state index contributed by atoms with van der Waals surface area (Å²) in [5.74, 6) is 1.69. The zero-order valence-electron chi connectivity index (χ0n) is 8.87. The maximum Gasteiger partial charge on any atom is 0.147 e. The summed E-state index contributed by atoms with van der Waals surface area (Å²) in [7, 11) is 2.06. The van der Waals surface area contributed by atoms with Crippen LogP contribution in [0.5, 0.6) is 0 Å². The van der Waals surface area contributed by atoms with E-state index in [9.17, 15) is 0 Å². The van der Waals surface area contributed by atoms with Crippen LogP contribution in [0.1, 0.15) is 19.8 Å². The zero-order chi connectivity index (χ0) is 11.0. The van der Waals surface area contributed by atoms with Crippen molar-refractivity contribution in [3.63, 3.8) is 0 Å². The van der Waals surface area contributed by atoms with Gasteiger partial charge >= 0.3 is 0 Å². The van der Waals surface area contributed by atoms with Crippen molar-refractivity contribution in [1.29, 1.82) is 0 Å². The standard InChI is InChI=1S/C11H14BrClN2/c1-7(8-3-4-8)15(2)11-10(13)5-9(12)6-14-11/h5-8H,3-4H2,1-2H3. The molecule has 0 bridgehead atoms. The average Bonchev–Trinajstić information content (AvgIpc) is 2.99. The molecule has 1 heterocycles. The number of pyridine rings is 1. The van der Waals surface area contributed by atoms with Gasteiger partial charge in [-0.25, -0.2) is 4.98 Å². The van der Waals surface area contributed by atoms with Crippen LogP contribution in [0.4, 0.5) is 5.82 Å².